The monoisotopic (exact) mass is 489 g/mol. The molecule has 0 spiro atoms. The van der Waals surface area contributed by atoms with Crippen LogP contribution in [0.1, 0.15) is 46.6 Å². The Kier molecular flexibility index (Phi) is 6.76. The largest absolute Gasteiger partial charge is 0.390 e. The highest BCUT2D eigenvalue weighted by Crippen LogP contribution is 2.37. The van der Waals surface area contributed by atoms with E-state index < -0.39 is 11.6 Å². The molecule has 1 aliphatic carbocycles. The lowest BCUT2D eigenvalue weighted by atomic mass is 9.74. The van der Waals surface area contributed by atoms with E-state index in [0.29, 0.717) is 25.1 Å². The van der Waals surface area contributed by atoms with Crippen molar-refractivity contribution >= 4 is 34.3 Å². The maximum atomic E-state index is 13.8. The van der Waals surface area contributed by atoms with Crippen LogP contribution in [0.15, 0.2) is 88.5 Å². The van der Waals surface area contributed by atoms with Crippen LogP contribution in [-0.2, 0) is 12.1 Å². The number of carbonyl (C=O) groups excluding carboxylic acids is 1. The van der Waals surface area contributed by atoms with E-state index in [2.05, 4.69) is 11.4 Å². The van der Waals surface area contributed by atoms with Crippen molar-refractivity contribution in [3.05, 3.63) is 104 Å². The zero-order valence-electron chi connectivity index (χ0n) is 18.8. The van der Waals surface area contributed by atoms with Crippen molar-refractivity contribution in [2.24, 2.45) is 4.99 Å². The van der Waals surface area contributed by atoms with Gasteiger partial charge in [0.1, 0.15) is 5.69 Å². The van der Waals surface area contributed by atoms with Crippen LogP contribution >= 0.6 is 22.7 Å². The molecule has 5 rings (SSSR count). The predicted molar refractivity (Wildman–Crippen MR) is 137 cm³/mol. The van der Waals surface area contributed by atoms with E-state index in [9.17, 15) is 9.90 Å². The number of hydrogen-bond acceptors (Lipinski definition) is 5. The molecule has 0 bridgehead atoms. The zero-order valence-corrected chi connectivity index (χ0v) is 20.4. The molecule has 2 N–H and O–H groups in total. The second kappa shape index (κ2) is 10.1. The Labute approximate surface area is 207 Å². The summed E-state index contributed by atoms with van der Waals surface area (Å²) >= 11 is 3.12. The van der Waals surface area contributed by atoms with Crippen molar-refractivity contribution in [2.75, 3.05) is 0 Å². The summed E-state index contributed by atoms with van der Waals surface area (Å²) < 4.78 is 1.98. The Hall–Kier alpha value is -3.00. The third kappa shape index (κ3) is 4.64. The molecule has 2 heterocycles. The molecule has 2 aromatic carbocycles. The number of benzene rings is 2. The number of carbonyl (C=O) groups is 1. The first-order valence-electron chi connectivity index (χ1n) is 11.5. The molecule has 7 heteroatoms. The van der Waals surface area contributed by atoms with E-state index in [0.717, 1.165) is 33.8 Å². The fourth-order valence-electron chi connectivity index (χ4n) is 4.64. The van der Waals surface area contributed by atoms with Gasteiger partial charge in [0.15, 0.2) is 4.80 Å². The molecule has 1 amide bonds. The summed E-state index contributed by atoms with van der Waals surface area (Å²) in [6, 6.07) is 23.8. The maximum absolute atomic E-state index is 13.8. The van der Waals surface area contributed by atoms with Crippen LogP contribution in [0.25, 0.3) is 0 Å². The van der Waals surface area contributed by atoms with Crippen molar-refractivity contribution in [3.63, 3.8) is 0 Å². The quantitative estimate of drug-likeness (QED) is 0.378. The normalized spacial score (nSPS) is 20.9. The summed E-state index contributed by atoms with van der Waals surface area (Å²) in [5.41, 5.74) is 1.56. The Morgan fingerprint density at radius 3 is 2.50 bits per heavy atom. The van der Waals surface area contributed by atoms with Crippen LogP contribution < -0.4 is 10.1 Å². The van der Waals surface area contributed by atoms with Crippen LogP contribution in [0.4, 0.5) is 5.69 Å². The standard InChI is InChI=1S/C27H27N3O2S2/c31-24-15-7-8-16-27(24,20-10-3-1-4-11-20)29-25(32)23-19-34-26(28-21-12-5-2-6-13-21)30(23)18-22-14-9-17-33-22/h1-6,9-14,17,19,24,31H,7-8,15-16,18H2,(H,29,32)/t24-,27?/m1/s1. The van der Waals surface area contributed by atoms with E-state index in [1.165, 1.54) is 11.3 Å². The summed E-state index contributed by atoms with van der Waals surface area (Å²) in [7, 11) is 0. The first-order valence-corrected chi connectivity index (χ1v) is 13.3. The molecule has 0 radical (unpaired) electrons. The number of aliphatic hydroxyl groups excluding tert-OH is 1. The van der Waals surface area contributed by atoms with Crippen LogP contribution in [0, 0.1) is 0 Å². The predicted octanol–water partition coefficient (Wildman–Crippen LogP) is 5.45. The number of hydrogen-bond donors (Lipinski definition) is 2. The molecule has 5 nitrogen and oxygen atoms in total. The fourth-order valence-corrected chi connectivity index (χ4v) is 6.23. The molecule has 1 aliphatic rings. The molecule has 34 heavy (non-hydrogen) atoms. The number of aliphatic hydroxyl groups is 1. The van der Waals surface area contributed by atoms with Crippen LogP contribution in [0.5, 0.6) is 0 Å². The van der Waals surface area contributed by atoms with Crippen LogP contribution in [0.2, 0.25) is 0 Å². The van der Waals surface area contributed by atoms with Gasteiger partial charge in [-0.1, -0.05) is 67.4 Å². The number of thiophene rings is 1. The van der Waals surface area contributed by atoms with E-state index in [4.69, 9.17) is 4.99 Å². The molecule has 1 unspecified atom stereocenters. The Bertz CT molecular complexity index is 1300. The Balaban J connectivity index is 1.55. The van der Waals surface area contributed by atoms with Crippen molar-refractivity contribution < 1.29 is 9.90 Å². The smallest absolute Gasteiger partial charge is 0.269 e. The lowest BCUT2D eigenvalue weighted by Crippen LogP contribution is -2.55. The fraction of sp³-hybridized carbons (Fsp3) is 0.259. The second-order valence-corrected chi connectivity index (χ2v) is 10.4. The van der Waals surface area contributed by atoms with E-state index in [-0.39, 0.29) is 5.91 Å². The minimum absolute atomic E-state index is 0.188. The van der Waals surface area contributed by atoms with Gasteiger partial charge in [-0.25, -0.2) is 4.99 Å². The van der Waals surface area contributed by atoms with Crippen molar-refractivity contribution in [1.29, 1.82) is 0 Å². The molecule has 2 atom stereocenters. The van der Waals surface area contributed by atoms with Gasteiger partial charge < -0.3 is 15.0 Å². The third-order valence-corrected chi connectivity index (χ3v) is 8.12. The molecule has 0 saturated heterocycles. The first-order chi connectivity index (χ1) is 16.7. The van der Waals surface area contributed by atoms with Gasteiger partial charge in [0.05, 0.1) is 23.9 Å². The molecule has 4 aromatic rings. The van der Waals surface area contributed by atoms with Gasteiger partial charge in [-0.2, -0.15) is 0 Å². The summed E-state index contributed by atoms with van der Waals surface area (Å²) in [5.74, 6) is -0.188. The molecule has 1 fully saturated rings. The SMILES string of the molecule is O=C(NC1(c2ccccc2)CCCC[C@H]1O)c1csc(=Nc2ccccc2)n1Cc1cccs1. The average molecular weight is 490 g/mol. The molecule has 0 aliphatic heterocycles. The average Bonchev–Trinajstić information content (AvgIpc) is 3.53. The van der Waals surface area contributed by atoms with Crippen molar-refractivity contribution in [1.82, 2.24) is 9.88 Å². The number of para-hydroxylation sites is 1. The number of nitrogens with zero attached hydrogens (tertiary/aromatic N) is 2. The molecule has 174 valence electrons. The summed E-state index contributed by atoms with van der Waals surface area (Å²) in [6.07, 6.45) is 2.66. The minimum atomic E-state index is -0.796. The van der Waals surface area contributed by atoms with E-state index >= 15 is 0 Å². The highest BCUT2D eigenvalue weighted by atomic mass is 32.1. The van der Waals surface area contributed by atoms with E-state index in [1.54, 1.807) is 11.3 Å². The van der Waals surface area contributed by atoms with Gasteiger partial charge in [0.25, 0.3) is 5.91 Å². The van der Waals surface area contributed by atoms with Gasteiger partial charge in [-0.15, -0.1) is 22.7 Å². The summed E-state index contributed by atoms with van der Waals surface area (Å²) in [6.45, 7) is 0.566. The minimum Gasteiger partial charge on any atom is -0.390 e. The maximum Gasteiger partial charge on any atom is 0.269 e. The van der Waals surface area contributed by atoms with Gasteiger partial charge in [0, 0.05) is 10.3 Å². The number of nitrogens with one attached hydrogen (secondary N) is 1. The van der Waals surface area contributed by atoms with E-state index in [1.807, 2.05) is 82.1 Å². The molecule has 2 aromatic heterocycles. The number of amides is 1. The first kappa shape index (κ1) is 22.8. The Morgan fingerprint density at radius 2 is 1.79 bits per heavy atom. The molecular formula is C27H27N3O2S2. The van der Waals surface area contributed by atoms with Crippen LogP contribution in [0.3, 0.4) is 0 Å². The number of aromatic nitrogens is 1. The van der Waals surface area contributed by atoms with Crippen LogP contribution in [-0.4, -0.2) is 21.7 Å². The highest BCUT2D eigenvalue weighted by Gasteiger charge is 2.43. The highest BCUT2D eigenvalue weighted by molar-refractivity contribution is 7.10. The topological polar surface area (TPSA) is 66.6 Å². The van der Waals surface area contributed by atoms with Gasteiger partial charge in [0.2, 0.25) is 0 Å². The van der Waals surface area contributed by atoms with Gasteiger partial charge >= 0.3 is 0 Å². The summed E-state index contributed by atoms with van der Waals surface area (Å²) in [5, 5.41) is 18.3. The third-order valence-electron chi connectivity index (χ3n) is 6.40. The number of thiazole rings is 1. The molecule has 1 saturated carbocycles. The van der Waals surface area contributed by atoms with Crippen molar-refractivity contribution in [3.8, 4) is 0 Å². The van der Waals surface area contributed by atoms with Crippen molar-refractivity contribution in [2.45, 2.75) is 43.9 Å². The summed E-state index contributed by atoms with van der Waals surface area (Å²) in [4.78, 5) is 20.5. The number of rotatable bonds is 6. The molecular weight excluding hydrogens is 462 g/mol. The second-order valence-electron chi connectivity index (χ2n) is 8.57. The lowest BCUT2D eigenvalue weighted by molar-refractivity contribution is 0.0193. The van der Waals surface area contributed by atoms with Gasteiger partial charge in [-0.3, -0.25) is 4.79 Å². The lowest BCUT2D eigenvalue weighted by Gasteiger charge is -2.42. The Morgan fingerprint density at radius 1 is 1.03 bits per heavy atom. The zero-order chi connectivity index (χ0) is 23.4. The van der Waals surface area contributed by atoms with Gasteiger partial charge in [-0.05, 0) is 42.0 Å².